The van der Waals surface area contributed by atoms with Gasteiger partial charge in [-0.2, -0.15) is 0 Å². The molecule has 0 radical (unpaired) electrons. The first kappa shape index (κ1) is 10.7. The highest BCUT2D eigenvalue weighted by atomic mass is 79.9. The molecule has 1 aromatic rings. The Morgan fingerprint density at radius 1 is 1.31 bits per heavy atom. The van der Waals surface area contributed by atoms with E-state index in [0.717, 1.165) is 11.0 Å². The molecule has 1 nitrogen and oxygen atoms in total. The highest BCUT2D eigenvalue weighted by Gasteiger charge is 2.02. The molecule has 0 bridgehead atoms. The normalized spacial score (nSPS) is 12.8. The Morgan fingerprint density at radius 3 is 2.46 bits per heavy atom. The second-order valence-electron chi connectivity index (χ2n) is 3.23. The van der Waals surface area contributed by atoms with Gasteiger partial charge >= 0.3 is 0 Å². The summed E-state index contributed by atoms with van der Waals surface area (Å²) in [7, 11) is 0. The molecule has 0 saturated heterocycles. The molecule has 0 unspecified atom stereocenters. The van der Waals surface area contributed by atoms with E-state index < -0.39 is 0 Å². The molecule has 0 spiro atoms. The molecule has 72 valence electrons. The third-order valence-electron chi connectivity index (χ3n) is 2.07. The summed E-state index contributed by atoms with van der Waals surface area (Å²) in [4.78, 5) is 0. The maximum atomic E-state index is 3.45. The maximum absolute atomic E-state index is 3.45. The quantitative estimate of drug-likeness (QED) is 0.851. The van der Waals surface area contributed by atoms with Crippen LogP contribution in [0.4, 0.5) is 0 Å². The van der Waals surface area contributed by atoms with Gasteiger partial charge in [-0.3, -0.25) is 0 Å². The minimum atomic E-state index is 0.452. The molecule has 1 atom stereocenters. The zero-order valence-corrected chi connectivity index (χ0v) is 9.76. The van der Waals surface area contributed by atoms with Gasteiger partial charge in [0.15, 0.2) is 0 Å². The van der Waals surface area contributed by atoms with Gasteiger partial charge in [0.1, 0.15) is 0 Å². The molecule has 1 aromatic carbocycles. The van der Waals surface area contributed by atoms with E-state index in [1.54, 1.807) is 0 Å². The van der Waals surface area contributed by atoms with Crippen LogP contribution in [-0.2, 0) is 0 Å². The van der Waals surface area contributed by atoms with Crippen LogP contribution in [0.25, 0.3) is 0 Å². The largest absolute Gasteiger partial charge is 0.310 e. The second-order valence-corrected chi connectivity index (χ2v) is 4.14. The molecule has 0 fully saturated rings. The van der Waals surface area contributed by atoms with Crippen molar-refractivity contribution < 1.29 is 0 Å². The maximum Gasteiger partial charge on any atom is 0.0291 e. The minimum absolute atomic E-state index is 0.452. The van der Waals surface area contributed by atoms with E-state index in [4.69, 9.17) is 0 Å². The van der Waals surface area contributed by atoms with Crippen molar-refractivity contribution in [2.45, 2.75) is 26.3 Å². The van der Waals surface area contributed by atoms with Crippen LogP contribution in [0, 0.1) is 0 Å². The predicted molar refractivity (Wildman–Crippen MR) is 60.9 cm³/mol. The van der Waals surface area contributed by atoms with E-state index in [0.29, 0.717) is 6.04 Å². The highest BCUT2D eigenvalue weighted by Crippen LogP contribution is 2.16. The van der Waals surface area contributed by atoms with Gasteiger partial charge in [0.05, 0.1) is 0 Å². The summed E-state index contributed by atoms with van der Waals surface area (Å²) in [6.07, 6.45) is 1.18. The number of hydrogen-bond acceptors (Lipinski definition) is 1. The molecule has 0 aliphatic rings. The van der Waals surface area contributed by atoms with Gasteiger partial charge in [0.25, 0.3) is 0 Å². The lowest BCUT2D eigenvalue weighted by atomic mass is 10.1. The van der Waals surface area contributed by atoms with Gasteiger partial charge in [0, 0.05) is 10.5 Å². The summed E-state index contributed by atoms with van der Waals surface area (Å²) in [6, 6.07) is 8.92. The van der Waals surface area contributed by atoms with E-state index in [1.807, 2.05) is 0 Å². The Hall–Kier alpha value is -0.340. The SMILES string of the molecule is CCCN[C@H](C)c1ccc(Br)cc1. The first-order chi connectivity index (χ1) is 6.24. The summed E-state index contributed by atoms with van der Waals surface area (Å²) >= 11 is 3.43. The van der Waals surface area contributed by atoms with Gasteiger partial charge in [0.2, 0.25) is 0 Å². The Bertz CT molecular complexity index is 243. The number of hydrogen-bond donors (Lipinski definition) is 1. The van der Waals surface area contributed by atoms with Crippen molar-refractivity contribution in [3.63, 3.8) is 0 Å². The molecule has 2 heteroatoms. The zero-order valence-electron chi connectivity index (χ0n) is 8.18. The van der Waals surface area contributed by atoms with Crippen LogP contribution < -0.4 is 5.32 Å². The Labute approximate surface area is 88.7 Å². The lowest BCUT2D eigenvalue weighted by Crippen LogP contribution is -2.19. The highest BCUT2D eigenvalue weighted by molar-refractivity contribution is 9.10. The van der Waals surface area contributed by atoms with Crippen molar-refractivity contribution >= 4 is 15.9 Å². The number of halogens is 1. The fourth-order valence-corrected chi connectivity index (χ4v) is 1.49. The summed E-state index contributed by atoms with van der Waals surface area (Å²) in [5, 5.41) is 3.45. The fourth-order valence-electron chi connectivity index (χ4n) is 1.23. The number of nitrogens with one attached hydrogen (secondary N) is 1. The van der Waals surface area contributed by atoms with Crippen LogP contribution in [0.15, 0.2) is 28.7 Å². The van der Waals surface area contributed by atoms with Gasteiger partial charge in [-0.15, -0.1) is 0 Å². The zero-order chi connectivity index (χ0) is 9.68. The minimum Gasteiger partial charge on any atom is -0.310 e. The van der Waals surface area contributed by atoms with Crippen LogP contribution in [0.2, 0.25) is 0 Å². The molecule has 0 heterocycles. The second kappa shape index (κ2) is 5.40. The van der Waals surface area contributed by atoms with Crippen molar-refractivity contribution in [3.05, 3.63) is 34.3 Å². The number of rotatable bonds is 4. The Kier molecular flexibility index (Phi) is 4.46. The molecule has 0 amide bonds. The first-order valence-electron chi connectivity index (χ1n) is 4.73. The van der Waals surface area contributed by atoms with Crippen molar-refractivity contribution in [1.82, 2.24) is 5.32 Å². The molecule has 1 N–H and O–H groups in total. The molecule has 0 aromatic heterocycles. The summed E-state index contributed by atoms with van der Waals surface area (Å²) in [6.45, 7) is 5.46. The Balaban J connectivity index is 2.55. The average molecular weight is 242 g/mol. The molecule has 1 rings (SSSR count). The molecular formula is C11H16BrN. The summed E-state index contributed by atoms with van der Waals surface area (Å²) in [5.41, 5.74) is 1.34. The van der Waals surface area contributed by atoms with Crippen LogP contribution in [0.5, 0.6) is 0 Å². The molecular weight excluding hydrogens is 226 g/mol. The van der Waals surface area contributed by atoms with E-state index in [2.05, 4.69) is 59.4 Å². The van der Waals surface area contributed by atoms with Gasteiger partial charge in [-0.1, -0.05) is 35.0 Å². The molecule has 0 aliphatic heterocycles. The van der Waals surface area contributed by atoms with E-state index in [-0.39, 0.29) is 0 Å². The van der Waals surface area contributed by atoms with Crippen molar-refractivity contribution in [1.29, 1.82) is 0 Å². The van der Waals surface area contributed by atoms with Gasteiger partial charge < -0.3 is 5.32 Å². The van der Waals surface area contributed by atoms with Crippen LogP contribution in [0.3, 0.4) is 0 Å². The van der Waals surface area contributed by atoms with Crippen molar-refractivity contribution in [2.75, 3.05) is 6.54 Å². The summed E-state index contributed by atoms with van der Waals surface area (Å²) in [5.74, 6) is 0. The standard InChI is InChI=1S/C11H16BrN/c1-3-8-13-9(2)10-4-6-11(12)7-5-10/h4-7,9,13H,3,8H2,1-2H3/t9-/m1/s1. The number of benzene rings is 1. The third-order valence-corrected chi connectivity index (χ3v) is 2.60. The Morgan fingerprint density at radius 2 is 1.92 bits per heavy atom. The van der Waals surface area contributed by atoms with Crippen LogP contribution in [0.1, 0.15) is 31.9 Å². The van der Waals surface area contributed by atoms with Crippen LogP contribution >= 0.6 is 15.9 Å². The van der Waals surface area contributed by atoms with Crippen molar-refractivity contribution in [3.8, 4) is 0 Å². The van der Waals surface area contributed by atoms with Crippen LogP contribution in [-0.4, -0.2) is 6.54 Å². The lowest BCUT2D eigenvalue weighted by molar-refractivity contribution is 0.570. The predicted octanol–water partition coefficient (Wildman–Crippen LogP) is 3.51. The topological polar surface area (TPSA) is 12.0 Å². The monoisotopic (exact) mass is 241 g/mol. The molecule has 13 heavy (non-hydrogen) atoms. The third kappa shape index (κ3) is 3.49. The van der Waals surface area contributed by atoms with E-state index >= 15 is 0 Å². The smallest absolute Gasteiger partial charge is 0.0291 e. The van der Waals surface area contributed by atoms with E-state index in [1.165, 1.54) is 12.0 Å². The van der Waals surface area contributed by atoms with Gasteiger partial charge in [-0.05, 0) is 37.6 Å². The van der Waals surface area contributed by atoms with Crippen molar-refractivity contribution in [2.24, 2.45) is 0 Å². The molecule has 0 saturated carbocycles. The lowest BCUT2D eigenvalue weighted by Gasteiger charge is -2.13. The van der Waals surface area contributed by atoms with E-state index in [9.17, 15) is 0 Å². The average Bonchev–Trinajstić information content (AvgIpc) is 2.15. The first-order valence-corrected chi connectivity index (χ1v) is 5.52. The fraction of sp³-hybridized carbons (Fsp3) is 0.455. The molecule has 0 aliphatic carbocycles. The summed E-state index contributed by atoms with van der Waals surface area (Å²) < 4.78 is 1.14. The van der Waals surface area contributed by atoms with Gasteiger partial charge in [-0.25, -0.2) is 0 Å².